The molecule has 1 atom stereocenters. The summed E-state index contributed by atoms with van der Waals surface area (Å²) in [4.78, 5) is 34.8. The van der Waals surface area contributed by atoms with Gasteiger partial charge in [-0.15, -0.1) is 0 Å². The van der Waals surface area contributed by atoms with Crippen molar-refractivity contribution in [3.63, 3.8) is 0 Å². The molecule has 0 fully saturated rings. The molecule has 8 nitrogen and oxygen atoms in total. The summed E-state index contributed by atoms with van der Waals surface area (Å²) in [5.74, 6) is -3.40. The molecule has 0 spiro atoms. The van der Waals surface area contributed by atoms with Gasteiger partial charge in [-0.2, -0.15) is 5.26 Å². The second kappa shape index (κ2) is 12.7. The van der Waals surface area contributed by atoms with Gasteiger partial charge in [-0.25, -0.2) is 23.5 Å². The number of anilines is 2. The minimum Gasteiger partial charge on any atom is -0.467 e. The van der Waals surface area contributed by atoms with Crippen LogP contribution >= 0.6 is 0 Å². The van der Waals surface area contributed by atoms with Crippen LogP contribution in [0.2, 0.25) is 0 Å². The summed E-state index contributed by atoms with van der Waals surface area (Å²) in [6, 6.07) is 13.1. The molecule has 10 heteroatoms. The van der Waals surface area contributed by atoms with Crippen LogP contribution in [0.4, 0.5) is 20.4 Å². The number of methoxy groups -OCH3 is 1. The number of ether oxygens (including phenoxy) is 1. The van der Waals surface area contributed by atoms with Crippen molar-refractivity contribution in [2.75, 3.05) is 18.6 Å². The number of nitrogens with one attached hydrogen (secondary N) is 1. The summed E-state index contributed by atoms with van der Waals surface area (Å²) >= 11 is 0. The second-order valence-corrected chi connectivity index (χ2v) is 7.48. The number of nitrogens with zero attached hydrogens (tertiary/aromatic N) is 4. The minimum atomic E-state index is -1.14. The number of hydrogen-bond donors (Lipinski definition) is 1. The van der Waals surface area contributed by atoms with Crippen LogP contribution in [0.15, 0.2) is 67.0 Å². The molecule has 1 unspecified atom stereocenters. The number of aromatic nitrogens is 2. The Balaban J connectivity index is 1.70. The molecule has 0 saturated heterocycles. The number of benzene rings is 2. The van der Waals surface area contributed by atoms with Crippen LogP contribution in [0.1, 0.15) is 28.8 Å². The van der Waals surface area contributed by atoms with Crippen LogP contribution in [0, 0.1) is 23.0 Å². The van der Waals surface area contributed by atoms with Gasteiger partial charge in [-0.05, 0) is 42.3 Å². The lowest BCUT2D eigenvalue weighted by Crippen LogP contribution is -2.41. The summed E-state index contributed by atoms with van der Waals surface area (Å²) in [6.45, 7) is 0.415. The Morgan fingerprint density at radius 3 is 2.39 bits per heavy atom. The van der Waals surface area contributed by atoms with Crippen molar-refractivity contribution >= 4 is 29.6 Å². The minimum absolute atomic E-state index is 0.0301. The smallest absolute Gasteiger partial charge is 0.328 e. The maximum absolute atomic E-state index is 13.9. The molecule has 0 aliphatic rings. The first-order chi connectivity index (χ1) is 17.4. The first-order valence-electron chi connectivity index (χ1n) is 11.0. The number of carbonyl (C=O) groups excluding carboxylic acids is 2. The lowest BCUT2D eigenvalue weighted by atomic mass is 10.1. The summed E-state index contributed by atoms with van der Waals surface area (Å²) in [7, 11) is 1.15. The summed E-state index contributed by atoms with van der Waals surface area (Å²) in [5, 5.41) is 11.3. The molecule has 0 aliphatic heterocycles. The zero-order valence-corrected chi connectivity index (χ0v) is 19.4. The van der Waals surface area contributed by atoms with Crippen molar-refractivity contribution in [3.05, 3.63) is 89.8 Å². The fraction of sp³-hybridized carbons (Fsp3) is 0.192. The fourth-order valence-corrected chi connectivity index (χ4v) is 3.34. The van der Waals surface area contributed by atoms with Crippen LogP contribution in [0.3, 0.4) is 0 Å². The van der Waals surface area contributed by atoms with E-state index in [4.69, 9.17) is 10.00 Å². The largest absolute Gasteiger partial charge is 0.467 e. The normalized spacial score (nSPS) is 11.5. The van der Waals surface area contributed by atoms with E-state index in [9.17, 15) is 18.4 Å². The predicted molar refractivity (Wildman–Crippen MR) is 129 cm³/mol. The van der Waals surface area contributed by atoms with E-state index in [0.29, 0.717) is 12.5 Å². The third kappa shape index (κ3) is 6.70. The van der Waals surface area contributed by atoms with Gasteiger partial charge in [0.25, 0.3) is 5.91 Å². The van der Waals surface area contributed by atoms with E-state index in [1.807, 2.05) is 29.2 Å². The van der Waals surface area contributed by atoms with E-state index in [1.165, 1.54) is 0 Å². The van der Waals surface area contributed by atoms with Gasteiger partial charge in [0, 0.05) is 24.6 Å². The average molecular weight is 491 g/mol. The predicted octanol–water partition coefficient (Wildman–Crippen LogP) is 4.18. The van der Waals surface area contributed by atoms with E-state index in [2.05, 4.69) is 21.4 Å². The molecule has 1 aromatic heterocycles. The SMILES string of the molecule is COC(=O)C(C/C=C/c1ccc(N(CCC#N)c2ncccn2)cc1)NC(=O)c1c(F)cccc1F. The van der Waals surface area contributed by atoms with Gasteiger partial charge in [0.05, 0.1) is 19.6 Å². The van der Waals surface area contributed by atoms with Crippen molar-refractivity contribution in [3.8, 4) is 6.07 Å². The first kappa shape index (κ1) is 26.0. The van der Waals surface area contributed by atoms with Crippen LogP contribution in [-0.2, 0) is 9.53 Å². The summed E-state index contributed by atoms with van der Waals surface area (Å²) in [5.41, 5.74) is 0.817. The molecule has 1 heterocycles. The second-order valence-electron chi connectivity index (χ2n) is 7.48. The molecule has 0 aliphatic carbocycles. The number of esters is 1. The van der Waals surface area contributed by atoms with Crippen molar-refractivity contribution in [1.29, 1.82) is 5.26 Å². The molecule has 0 saturated carbocycles. The van der Waals surface area contributed by atoms with Gasteiger partial charge < -0.3 is 15.0 Å². The average Bonchev–Trinajstić information content (AvgIpc) is 2.89. The zero-order valence-electron chi connectivity index (χ0n) is 19.4. The van der Waals surface area contributed by atoms with E-state index in [0.717, 1.165) is 36.6 Å². The topological polar surface area (TPSA) is 108 Å². The van der Waals surface area contributed by atoms with Gasteiger partial charge in [0.15, 0.2) is 0 Å². The molecule has 3 rings (SSSR count). The maximum atomic E-state index is 13.9. The van der Waals surface area contributed by atoms with Gasteiger partial charge >= 0.3 is 5.97 Å². The number of hydrogen-bond acceptors (Lipinski definition) is 7. The van der Waals surface area contributed by atoms with Crippen molar-refractivity contribution in [1.82, 2.24) is 15.3 Å². The molecule has 2 aromatic carbocycles. The summed E-state index contributed by atoms with van der Waals surface area (Å²) in [6.07, 6.45) is 6.93. The standard InChI is InChI=1S/C26H23F2N5O3/c1-36-25(35)22(32-24(34)23-20(27)7-3-8-21(23)28)9-2-6-18-10-12-19(13-11-18)33(17-4-14-29)26-30-15-5-16-31-26/h2-3,5-8,10-13,15-16,22H,4,9,17H2,1H3,(H,32,34)/b6-2+. The highest BCUT2D eigenvalue weighted by Gasteiger charge is 2.24. The molecular formula is C26H23F2N5O3. The molecule has 1 amide bonds. The third-order valence-electron chi connectivity index (χ3n) is 5.11. The lowest BCUT2D eigenvalue weighted by Gasteiger charge is -2.21. The van der Waals surface area contributed by atoms with Crippen LogP contribution < -0.4 is 10.2 Å². The van der Waals surface area contributed by atoms with Gasteiger partial charge in [0.2, 0.25) is 5.95 Å². The first-order valence-corrected chi connectivity index (χ1v) is 11.0. The lowest BCUT2D eigenvalue weighted by molar-refractivity contribution is -0.142. The molecule has 0 radical (unpaired) electrons. The highest BCUT2D eigenvalue weighted by Crippen LogP contribution is 2.23. The Hall–Kier alpha value is -4.65. The highest BCUT2D eigenvalue weighted by atomic mass is 19.1. The van der Waals surface area contributed by atoms with Crippen molar-refractivity contribution in [2.24, 2.45) is 0 Å². The van der Waals surface area contributed by atoms with Gasteiger partial charge in [-0.3, -0.25) is 4.79 Å². The molecule has 184 valence electrons. The maximum Gasteiger partial charge on any atom is 0.328 e. The monoisotopic (exact) mass is 491 g/mol. The third-order valence-corrected chi connectivity index (χ3v) is 5.11. The number of carbonyl (C=O) groups is 2. The Morgan fingerprint density at radius 1 is 1.11 bits per heavy atom. The van der Waals surface area contributed by atoms with Gasteiger partial charge in [0.1, 0.15) is 23.2 Å². The van der Waals surface area contributed by atoms with Crippen LogP contribution in [0.25, 0.3) is 6.08 Å². The molecular weight excluding hydrogens is 468 g/mol. The van der Waals surface area contributed by atoms with E-state index in [1.54, 1.807) is 30.6 Å². The van der Waals surface area contributed by atoms with Crippen molar-refractivity contribution in [2.45, 2.75) is 18.9 Å². The highest BCUT2D eigenvalue weighted by molar-refractivity contribution is 5.97. The zero-order chi connectivity index (χ0) is 25.9. The number of nitriles is 1. The number of amides is 1. The Morgan fingerprint density at radius 2 is 1.78 bits per heavy atom. The van der Waals surface area contributed by atoms with E-state index < -0.39 is 35.1 Å². The number of halogens is 2. The summed E-state index contributed by atoms with van der Waals surface area (Å²) < 4.78 is 32.5. The molecule has 36 heavy (non-hydrogen) atoms. The van der Waals surface area contributed by atoms with E-state index >= 15 is 0 Å². The fourth-order valence-electron chi connectivity index (χ4n) is 3.34. The van der Waals surface area contributed by atoms with Crippen LogP contribution in [0.5, 0.6) is 0 Å². The van der Waals surface area contributed by atoms with E-state index in [-0.39, 0.29) is 12.8 Å². The Bertz CT molecular complexity index is 1240. The van der Waals surface area contributed by atoms with Crippen molar-refractivity contribution < 1.29 is 23.1 Å². The molecule has 3 aromatic rings. The molecule has 1 N–H and O–H groups in total. The van der Waals surface area contributed by atoms with Gasteiger partial charge in [-0.1, -0.05) is 30.4 Å². The Kier molecular flexibility index (Phi) is 9.17. The number of rotatable bonds is 10. The quantitative estimate of drug-likeness (QED) is 0.424. The molecule has 0 bridgehead atoms. The van der Waals surface area contributed by atoms with Crippen LogP contribution in [-0.4, -0.2) is 41.5 Å². The Labute approximate surface area is 206 Å².